The molecule has 2 rings (SSSR count). The van der Waals surface area contributed by atoms with Gasteiger partial charge in [-0.25, -0.2) is 9.59 Å². The molecule has 0 saturated carbocycles. The number of carbonyl (C=O) groups is 2. The topological polar surface area (TPSA) is 65.1 Å². The zero-order valence-electron chi connectivity index (χ0n) is 16.1. The fraction of sp³-hybridized carbons (Fsp3) is 0.500. The van der Waals surface area contributed by atoms with Gasteiger partial charge in [-0.1, -0.05) is 17.7 Å². The summed E-state index contributed by atoms with van der Waals surface area (Å²) < 4.78 is 15.5. The molecule has 0 spiro atoms. The van der Waals surface area contributed by atoms with E-state index in [-0.39, 0.29) is 6.09 Å². The number of piperidine rings is 1. The van der Waals surface area contributed by atoms with Gasteiger partial charge >= 0.3 is 12.1 Å². The molecule has 0 radical (unpaired) electrons. The highest BCUT2D eigenvalue weighted by Crippen LogP contribution is 2.25. The Morgan fingerprint density at radius 2 is 1.77 bits per heavy atom. The van der Waals surface area contributed by atoms with Crippen LogP contribution in [0.4, 0.5) is 4.79 Å². The van der Waals surface area contributed by atoms with E-state index in [0.717, 1.165) is 18.4 Å². The number of hydrogen-bond acceptors (Lipinski definition) is 5. The van der Waals surface area contributed by atoms with Crippen molar-refractivity contribution in [3.63, 3.8) is 0 Å². The predicted octanol–water partition coefficient (Wildman–Crippen LogP) is 3.90. The molecule has 142 valence electrons. The summed E-state index contributed by atoms with van der Waals surface area (Å²) in [7, 11) is 2.87. The van der Waals surface area contributed by atoms with E-state index in [2.05, 4.69) is 6.08 Å². The summed E-state index contributed by atoms with van der Waals surface area (Å²) in [6.45, 7) is 6.87. The Bertz CT molecular complexity index is 693. The normalized spacial score (nSPS) is 14.7. The Morgan fingerprint density at radius 1 is 1.12 bits per heavy atom. The molecular weight excluding hydrogens is 334 g/mol. The van der Waals surface area contributed by atoms with E-state index in [0.29, 0.717) is 24.4 Å². The first-order valence-corrected chi connectivity index (χ1v) is 8.67. The minimum Gasteiger partial charge on any atom is -0.496 e. The van der Waals surface area contributed by atoms with Gasteiger partial charge in [0.05, 0.1) is 14.2 Å². The van der Waals surface area contributed by atoms with Crippen LogP contribution in [0.1, 0.15) is 49.5 Å². The van der Waals surface area contributed by atoms with Crippen LogP contribution in [0.25, 0.3) is 6.08 Å². The molecule has 1 heterocycles. The summed E-state index contributed by atoms with van der Waals surface area (Å²) in [4.78, 5) is 25.6. The fourth-order valence-electron chi connectivity index (χ4n) is 2.76. The Morgan fingerprint density at radius 3 is 2.31 bits per heavy atom. The number of nitrogens with zero attached hydrogens (tertiary/aromatic N) is 1. The molecule has 26 heavy (non-hydrogen) atoms. The molecule has 1 aromatic rings. The van der Waals surface area contributed by atoms with Gasteiger partial charge in [0.15, 0.2) is 0 Å². The van der Waals surface area contributed by atoms with E-state index in [1.54, 1.807) is 11.0 Å². The molecule has 1 aromatic carbocycles. The smallest absolute Gasteiger partial charge is 0.410 e. The summed E-state index contributed by atoms with van der Waals surface area (Å²) in [5.41, 5.74) is 2.12. The standard InChI is InChI=1S/C20H27NO5/c1-20(2,3)26-19(23)21-10-8-14(9-11-21)12-15-6-7-16(18(22)25-5)17(13-15)24-4/h6-7,12-13H,8-11H2,1-5H3. The molecule has 0 aromatic heterocycles. The van der Waals surface area contributed by atoms with Crippen molar-refractivity contribution in [3.05, 3.63) is 34.9 Å². The lowest BCUT2D eigenvalue weighted by molar-refractivity contribution is 0.0236. The van der Waals surface area contributed by atoms with Crippen LogP contribution in [0.3, 0.4) is 0 Å². The van der Waals surface area contributed by atoms with Gasteiger partial charge < -0.3 is 19.1 Å². The van der Waals surface area contributed by atoms with Crippen molar-refractivity contribution >= 4 is 18.1 Å². The van der Waals surface area contributed by atoms with Crippen LogP contribution < -0.4 is 4.74 Å². The van der Waals surface area contributed by atoms with E-state index in [1.165, 1.54) is 19.8 Å². The zero-order valence-corrected chi connectivity index (χ0v) is 16.1. The first-order chi connectivity index (χ1) is 12.2. The second-order valence-electron chi connectivity index (χ2n) is 7.22. The monoisotopic (exact) mass is 361 g/mol. The molecule has 0 unspecified atom stereocenters. The number of esters is 1. The molecule has 0 bridgehead atoms. The van der Waals surface area contributed by atoms with Crippen LogP contribution >= 0.6 is 0 Å². The quantitative estimate of drug-likeness (QED) is 0.764. The number of benzene rings is 1. The van der Waals surface area contributed by atoms with Gasteiger partial charge in [0.25, 0.3) is 0 Å². The van der Waals surface area contributed by atoms with E-state index in [4.69, 9.17) is 14.2 Å². The van der Waals surface area contributed by atoms with Gasteiger partial charge in [0, 0.05) is 13.1 Å². The summed E-state index contributed by atoms with van der Waals surface area (Å²) in [6, 6.07) is 5.38. The average molecular weight is 361 g/mol. The Balaban J connectivity index is 2.04. The van der Waals surface area contributed by atoms with Crippen LogP contribution in [-0.2, 0) is 9.47 Å². The van der Waals surface area contributed by atoms with Crippen LogP contribution in [0.5, 0.6) is 5.75 Å². The number of ether oxygens (including phenoxy) is 3. The maximum Gasteiger partial charge on any atom is 0.410 e. The van der Waals surface area contributed by atoms with Crippen LogP contribution in [0, 0.1) is 0 Å². The van der Waals surface area contributed by atoms with Gasteiger partial charge in [-0.3, -0.25) is 0 Å². The molecule has 1 fully saturated rings. The Labute approximate surface area is 154 Å². The maximum atomic E-state index is 12.1. The Hall–Kier alpha value is -2.50. The minimum absolute atomic E-state index is 0.263. The third-order valence-electron chi connectivity index (χ3n) is 4.06. The molecule has 0 aliphatic carbocycles. The third kappa shape index (κ3) is 5.25. The SMILES string of the molecule is COC(=O)c1ccc(C=C2CCN(C(=O)OC(C)(C)C)CC2)cc1OC. The van der Waals surface area contributed by atoms with Crippen molar-refractivity contribution in [1.82, 2.24) is 4.90 Å². The van der Waals surface area contributed by atoms with E-state index < -0.39 is 11.6 Å². The number of rotatable bonds is 3. The number of amides is 1. The third-order valence-corrected chi connectivity index (χ3v) is 4.06. The van der Waals surface area contributed by atoms with Gasteiger partial charge in [-0.05, 0) is 51.3 Å². The van der Waals surface area contributed by atoms with Crippen LogP contribution in [0.2, 0.25) is 0 Å². The molecule has 1 amide bonds. The van der Waals surface area contributed by atoms with Gasteiger partial charge in [-0.2, -0.15) is 0 Å². The van der Waals surface area contributed by atoms with Crippen LogP contribution in [0.15, 0.2) is 23.8 Å². The van der Waals surface area contributed by atoms with Gasteiger partial charge in [0.2, 0.25) is 0 Å². The number of hydrogen-bond donors (Lipinski definition) is 0. The summed E-state index contributed by atoms with van der Waals surface area (Å²) >= 11 is 0. The second-order valence-corrected chi connectivity index (χ2v) is 7.22. The molecule has 6 nitrogen and oxygen atoms in total. The number of likely N-dealkylation sites (tertiary alicyclic amines) is 1. The van der Waals surface area contributed by atoms with Crippen LogP contribution in [-0.4, -0.2) is 49.9 Å². The fourth-order valence-corrected chi connectivity index (χ4v) is 2.76. The lowest BCUT2D eigenvalue weighted by atomic mass is 10.0. The van der Waals surface area contributed by atoms with Crippen molar-refractivity contribution in [2.45, 2.75) is 39.2 Å². The highest BCUT2D eigenvalue weighted by Gasteiger charge is 2.24. The molecule has 1 aliphatic rings. The summed E-state index contributed by atoms with van der Waals surface area (Å²) in [5, 5.41) is 0. The van der Waals surface area contributed by atoms with Crippen molar-refractivity contribution < 1.29 is 23.8 Å². The highest BCUT2D eigenvalue weighted by molar-refractivity contribution is 5.92. The van der Waals surface area contributed by atoms with Crippen molar-refractivity contribution in [2.24, 2.45) is 0 Å². The number of methoxy groups -OCH3 is 2. The maximum absolute atomic E-state index is 12.1. The molecular formula is C20H27NO5. The lowest BCUT2D eigenvalue weighted by Gasteiger charge is -2.31. The first kappa shape index (κ1) is 19.8. The first-order valence-electron chi connectivity index (χ1n) is 8.67. The zero-order chi connectivity index (χ0) is 19.3. The van der Waals surface area contributed by atoms with E-state index in [9.17, 15) is 9.59 Å². The average Bonchev–Trinajstić information content (AvgIpc) is 2.60. The lowest BCUT2D eigenvalue weighted by Crippen LogP contribution is -2.40. The molecule has 1 saturated heterocycles. The summed E-state index contributed by atoms with van der Waals surface area (Å²) in [5.74, 6) is 0.0594. The van der Waals surface area contributed by atoms with E-state index >= 15 is 0 Å². The van der Waals surface area contributed by atoms with Crippen molar-refractivity contribution in [3.8, 4) is 5.75 Å². The largest absolute Gasteiger partial charge is 0.496 e. The van der Waals surface area contributed by atoms with Crippen molar-refractivity contribution in [2.75, 3.05) is 27.3 Å². The van der Waals surface area contributed by atoms with Crippen molar-refractivity contribution in [1.29, 1.82) is 0 Å². The number of carbonyl (C=O) groups excluding carboxylic acids is 2. The second kappa shape index (κ2) is 8.25. The summed E-state index contributed by atoms with van der Waals surface area (Å²) in [6.07, 6.45) is 3.40. The molecule has 6 heteroatoms. The van der Waals surface area contributed by atoms with E-state index in [1.807, 2.05) is 32.9 Å². The highest BCUT2D eigenvalue weighted by atomic mass is 16.6. The molecule has 1 aliphatic heterocycles. The minimum atomic E-state index is -0.481. The van der Waals surface area contributed by atoms with Gasteiger partial charge in [0.1, 0.15) is 16.9 Å². The molecule has 0 atom stereocenters. The Kier molecular flexibility index (Phi) is 6.29. The predicted molar refractivity (Wildman–Crippen MR) is 99.4 cm³/mol. The van der Waals surface area contributed by atoms with Gasteiger partial charge in [-0.15, -0.1) is 0 Å². The molecule has 0 N–H and O–H groups in total.